The summed E-state index contributed by atoms with van der Waals surface area (Å²) in [6.07, 6.45) is 0.726. The van der Waals surface area contributed by atoms with Crippen LogP contribution in [0, 0.1) is 5.82 Å². The highest BCUT2D eigenvalue weighted by molar-refractivity contribution is 7.95. The Morgan fingerprint density at radius 1 is 1.38 bits per heavy atom. The van der Waals surface area contributed by atoms with E-state index in [-0.39, 0.29) is 5.56 Å². The van der Waals surface area contributed by atoms with Crippen LogP contribution in [0.15, 0.2) is 24.3 Å². The van der Waals surface area contributed by atoms with E-state index in [1.165, 1.54) is 12.1 Å². The Labute approximate surface area is 102 Å². The SMILES string of the molecule is CS(=O)(=O)C(Cl)(Cl)C(=O)c1cccc(F)c1. The summed E-state index contributed by atoms with van der Waals surface area (Å²) in [7, 11) is -4.00. The first-order chi connectivity index (χ1) is 7.16. The normalized spacial score (nSPS) is 12.5. The van der Waals surface area contributed by atoms with E-state index in [4.69, 9.17) is 23.2 Å². The maximum atomic E-state index is 12.8. The summed E-state index contributed by atoms with van der Waals surface area (Å²) >= 11 is 10.9. The number of Topliss-reactive ketones (excluding diaryl/α,β-unsaturated/α-hetero) is 1. The zero-order chi connectivity index (χ0) is 12.6. The topological polar surface area (TPSA) is 51.2 Å². The number of alkyl halides is 2. The third kappa shape index (κ3) is 2.53. The number of halogens is 3. The number of carbonyl (C=O) groups excluding carboxylic acids is 1. The Kier molecular flexibility index (Phi) is 3.62. The first kappa shape index (κ1) is 13.4. The Morgan fingerprint density at radius 2 is 1.94 bits per heavy atom. The van der Waals surface area contributed by atoms with Crippen LogP contribution >= 0.6 is 23.2 Å². The second kappa shape index (κ2) is 4.31. The standard InChI is InChI=1S/C9H7Cl2FO3S/c1-16(14,15)9(10,11)8(13)6-3-2-4-7(12)5-6/h2-5H,1H3. The monoisotopic (exact) mass is 284 g/mol. The maximum absolute atomic E-state index is 12.8. The summed E-state index contributed by atoms with van der Waals surface area (Å²) in [5.41, 5.74) is -0.199. The minimum absolute atomic E-state index is 0.199. The van der Waals surface area contributed by atoms with Gasteiger partial charge < -0.3 is 0 Å². The predicted octanol–water partition coefficient (Wildman–Crippen LogP) is 2.18. The van der Waals surface area contributed by atoms with Crippen LogP contribution in [0.3, 0.4) is 0 Å². The fraction of sp³-hybridized carbons (Fsp3) is 0.222. The number of ketones is 1. The summed E-state index contributed by atoms with van der Waals surface area (Å²) in [5.74, 6) is -1.75. The molecule has 0 unspecified atom stereocenters. The van der Waals surface area contributed by atoms with Crippen molar-refractivity contribution in [2.75, 3.05) is 6.26 Å². The predicted molar refractivity (Wildman–Crippen MR) is 60.0 cm³/mol. The van der Waals surface area contributed by atoms with Crippen LogP contribution < -0.4 is 0 Å². The maximum Gasteiger partial charge on any atom is 0.280 e. The summed E-state index contributed by atoms with van der Waals surface area (Å²) < 4.78 is 32.6. The van der Waals surface area contributed by atoms with Crippen molar-refractivity contribution in [2.45, 2.75) is 3.67 Å². The van der Waals surface area contributed by atoms with Gasteiger partial charge in [-0.1, -0.05) is 35.3 Å². The van der Waals surface area contributed by atoms with E-state index < -0.39 is 25.1 Å². The van der Waals surface area contributed by atoms with Gasteiger partial charge in [0.25, 0.3) is 3.67 Å². The van der Waals surface area contributed by atoms with Gasteiger partial charge in [-0.25, -0.2) is 12.8 Å². The number of hydrogen-bond donors (Lipinski definition) is 0. The van der Waals surface area contributed by atoms with Crippen molar-refractivity contribution in [3.63, 3.8) is 0 Å². The van der Waals surface area contributed by atoms with Crippen molar-refractivity contribution in [1.29, 1.82) is 0 Å². The zero-order valence-corrected chi connectivity index (χ0v) is 10.4. The molecular formula is C9H7Cl2FO3S. The van der Waals surface area contributed by atoms with Crippen molar-refractivity contribution in [3.8, 4) is 0 Å². The van der Waals surface area contributed by atoms with Gasteiger partial charge in [-0.3, -0.25) is 4.79 Å². The van der Waals surface area contributed by atoms with Gasteiger partial charge in [0.1, 0.15) is 5.82 Å². The van der Waals surface area contributed by atoms with Gasteiger partial charge in [0.2, 0.25) is 5.78 Å². The van der Waals surface area contributed by atoms with Crippen LogP contribution in [0.1, 0.15) is 10.4 Å². The number of carbonyl (C=O) groups is 1. The van der Waals surface area contributed by atoms with E-state index in [1.54, 1.807) is 0 Å². The van der Waals surface area contributed by atoms with Gasteiger partial charge in [0, 0.05) is 11.8 Å². The first-order valence-corrected chi connectivity index (χ1v) is 6.69. The molecule has 0 atom stereocenters. The van der Waals surface area contributed by atoms with Gasteiger partial charge in [-0.05, 0) is 12.1 Å². The third-order valence-electron chi connectivity index (χ3n) is 1.82. The summed E-state index contributed by atoms with van der Waals surface area (Å²) in [5, 5.41) is 0. The smallest absolute Gasteiger partial charge is 0.280 e. The lowest BCUT2D eigenvalue weighted by atomic mass is 10.1. The summed E-state index contributed by atoms with van der Waals surface area (Å²) in [6, 6.07) is 4.47. The average molecular weight is 285 g/mol. The van der Waals surface area contributed by atoms with E-state index in [0.717, 1.165) is 18.4 Å². The Balaban J connectivity index is 3.23. The number of benzene rings is 1. The molecule has 0 heterocycles. The Morgan fingerprint density at radius 3 is 2.38 bits per heavy atom. The van der Waals surface area contributed by atoms with Gasteiger partial charge in [-0.2, -0.15) is 0 Å². The van der Waals surface area contributed by atoms with Gasteiger partial charge in [-0.15, -0.1) is 0 Å². The molecule has 7 heteroatoms. The van der Waals surface area contributed by atoms with Crippen molar-refractivity contribution in [3.05, 3.63) is 35.6 Å². The van der Waals surface area contributed by atoms with E-state index in [1.807, 2.05) is 0 Å². The largest absolute Gasteiger partial charge is 0.290 e. The van der Waals surface area contributed by atoms with E-state index in [9.17, 15) is 17.6 Å². The van der Waals surface area contributed by atoms with Crippen molar-refractivity contribution >= 4 is 38.8 Å². The van der Waals surface area contributed by atoms with Crippen LogP contribution in [0.2, 0.25) is 0 Å². The molecule has 0 aromatic heterocycles. The van der Waals surface area contributed by atoms with Crippen LogP contribution in [0.4, 0.5) is 4.39 Å². The summed E-state index contributed by atoms with van der Waals surface area (Å²) in [4.78, 5) is 11.7. The third-order valence-corrected chi connectivity index (χ3v) is 4.96. The number of hydrogen-bond acceptors (Lipinski definition) is 3. The second-order valence-corrected chi connectivity index (χ2v) is 7.06. The number of sulfone groups is 1. The highest BCUT2D eigenvalue weighted by Crippen LogP contribution is 2.31. The zero-order valence-electron chi connectivity index (χ0n) is 8.08. The van der Waals surface area contributed by atoms with E-state index >= 15 is 0 Å². The average Bonchev–Trinajstić information content (AvgIpc) is 2.14. The molecule has 0 bridgehead atoms. The minimum Gasteiger partial charge on any atom is -0.290 e. The fourth-order valence-corrected chi connectivity index (χ4v) is 1.64. The quantitative estimate of drug-likeness (QED) is 0.632. The van der Waals surface area contributed by atoms with Crippen molar-refractivity contribution < 1.29 is 17.6 Å². The van der Waals surface area contributed by atoms with Crippen molar-refractivity contribution in [2.24, 2.45) is 0 Å². The summed E-state index contributed by atoms with van der Waals surface area (Å²) in [6.45, 7) is 0. The molecule has 0 saturated carbocycles. The number of rotatable bonds is 3. The molecule has 1 aromatic carbocycles. The molecule has 3 nitrogen and oxygen atoms in total. The van der Waals surface area contributed by atoms with Gasteiger partial charge >= 0.3 is 0 Å². The lowest BCUT2D eigenvalue weighted by Crippen LogP contribution is -2.34. The van der Waals surface area contributed by atoms with Crippen LogP contribution in [0.5, 0.6) is 0 Å². The Bertz CT molecular complexity index is 525. The molecule has 0 radical (unpaired) electrons. The molecule has 0 spiro atoms. The van der Waals surface area contributed by atoms with E-state index in [2.05, 4.69) is 0 Å². The van der Waals surface area contributed by atoms with Crippen LogP contribution in [-0.2, 0) is 9.84 Å². The molecule has 0 N–H and O–H groups in total. The molecule has 88 valence electrons. The first-order valence-electron chi connectivity index (χ1n) is 4.04. The molecular weight excluding hydrogens is 278 g/mol. The van der Waals surface area contributed by atoms with Gasteiger partial charge in [0.05, 0.1) is 0 Å². The second-order valence-electron chi connectivity index (χ2n) is 3.13. The molecule has 0 aliphatic heterocycles. The lowest BCUT2D eigenvalue weighted by Gasteiger charge is -2.15. The van der Waals surface area contributed by atoms with Gasteiger partial charge in [0.15, 0.2) is 9.84 Å². The Hall–Kier alpha value is -0.650. The minimum atomic E-state index is -4.00. The molecule has 0 saturated heterocycles. The highest BCUT2D eigenvalue weighted by atomic mass is 35.5. The van der Waals surface area contributed by atoms with Crippen molar-refractivity contribution in [1.82, 2.24) is 0 Å². The molecule has 0 amide bonds. The molecule has 1 aromatic rings. The molecule has 0 aliphatic carbocycles. The molecule has 0 aliphatic rings. The lowest BCUT2D eigenvalue weighted by molar-refractivity contribution is 0.0996. The molecule has 0 fully saturated rings. The fourth-order valence-electron chi connectivity index (χ4n) is 0.966. The highest BCUT2D eigenvalue weighted by Gasteiger charge is 2.44. The molecule has 1 rings (SSSR count). The van der Waals surface area contributed by atoms with Crippen LogP contribution in [0.25, 0.3) is 0 Å². The van der Waals surface area contributed by atoms with E-state index in [0.29, 0.717) is 0 Å². The molecule has 16 heavy (non-hydrogen) atoms. The van der Waals surface area contributed by atoms with Crippen LogP contribution in [-0.4, -0.2) is 24.1 Å².